The van der Waals surface area contributed by atoms with Crippen molar-refractivity contribution in [1.29, 1.82) is 0 Å². The number of halogens is 1. The molecule has 2 aliphatic heterocycles. The molecule has 1 aromatic rings. The van der Waals surface area contributed by atoms with Crippen LogP contribution >= 0.6 is 11.6 Å². The number of hydrogen-bond acceptors (Lipinski definition) is 4. The van der Waals surface area contributed by atoms with Crippen LogP contribution in [0.4, 0.5) is 0 Å². The molecule has 3 rings (SSSR count). The highest BCUT2D eigenvalue weighted by molar-refractivity contribution is 6.31. The summed E-state index contributed by atoms with van der Waals surface area (Å²) in [5.41, 5.74) is 0.203. The number of phenolic OH excluding ortho intramolecular Hbond substituents is 1. The number of hydrogen-bond donors (Lipinski definition) is 1. The Labute approximate surface area is 158 Å². The normalized spacial score (nSPS) is 19.4. The van der Waals surface area contributed by atoms with Gasteiger partial charge in [-0.1, -0.05) is 11.6 Å². The molecule has 6 nitrogen and oxygen atoms in total. The number of benzene rings is 1. The molecule has 0 saturated carbocycles. The van der Waals surface area contributed by atoms with Crippen molar-refractivity contribution in [2.24, 2.45) is 5.41 Å². The number of piperidine rings is 1. The molecule has 2 fully saturated rings. The smallest absolute Gasteiger partial charge is 0.257 e. The summed E-state index contributed by atoms with van der Waals surface area (Å²) >= 11 is 5.95. The molecule has 142 valence electrons. The number of phenols is 1. The molecule has 0 aromatic heterocycles. The van der Waals surface area contributed by atoms with Crippen LogP contribution < -0.4 is 0 Å². The van der Waals surface area contributed by atoms with Crippen LogP contribution in [-0.2, 0) is 9.53 Å². The van der Waals surface area contributed by atoms with E-state index in [1.165, 1.54) is 12.1 Å². The molecule has 2 saturated heterocycles. The molecule has 7 heteroatoms. The Balaban J connectivity index is 1.60. The predicted octanol–water partition coefficient (Wildman–Crippen LogP) is 2.54. The third-order valence-electron chi connectivity index (χ3n) is 5.48. The number of carbonyl (C=O) groups is 2. The second kappa shape index (κ2) is 7.84. The van der Waals surface area contributed by atoms with Gasteiger partial charge in [0.15, 0.2) is 0 Å². The summed E-state index contributed by atoms with van der Waals surface area (Å²) < 4.78 is 5.06. The van der Waals surface area contributed by atoms with E-state index >= 15 is 0 Å². The number of carbonyl (C=O) groups excluding carboxylic acids is 2. The van der Waals surface area contributed by atoms with Gasteiger partial charge in [-0.2, -0.15) is 0 Å². The predicted molar refractivity (Wildman–Crippen MR) is 98.4 cm³/mol. The molecule has 0 aliphatic carbocycles. The minimum atomic E-state index is -0.207. The van der Waals surface area contributed by atoms with E-state index in [-0.39, 0.29) is 28.5 Å². The minimum Gasteiger partial charge on any atom is -0.507 e. The monoisotopic (exact) mass is 380 g/mol. The van der Waals surface area contributed by atoms with Gasteiger partial charge in [-0.3, -0.25) is 9.59 Å². The number of amides is 2. The van der Waals surface area contributed by atoms with E-state index in [1.54, 1.807) is 18.1 Å². The summed E-state index contributed by atoms with van der Waals surface area (Å²) in [6.45, 7) is 3.32. The van der Waals surface area contributed by atoms with Gasteiger partial charge in [-0.05, 0) is 37.5 Å². The van der Waals surface area contributed by atoms with Crippen molar-refractivity contribution in [3.8, 4) is 5.75 Å². The number of methoxy groups -OCH3 is 1. The van der Waals surface area contributed by atoms with Crippen LogP contribution in [-0.4, -0.2) is 66.6 Å². The number of aromatic hydroxyl groups is 1. The number of likely N-dealkylation sites (tertiary alicyclic amines) is 2. The minimum absolute atomic E-state index is 0.0304. The maximum absolute atomic E-state index is 12.7. The number of rotatable bonds is 5. The lowest BCUT2D eigenvalue weighted by atomic mass is 9.77. The summed E-state index contributed by atoms with van der Waals surface area (Å²) in [7, 11) is 1.66. The Morgan fingerprint density at radius 1 is 1.35 bits per heavy atom. The van der Waals surface area contributed by atoms with E-state index in [2.05, 4.69) is 0 Å². The Hall–Kier alpha value is -1.79. The summed E-state index contributed by atoms with van der Waals surface area (Å²) in [5, 5.41) is 10.4. The Bertz CT molecular complexity index is 686. The molecule has 2 heterocycles. The average Bonchev–Trinajstić information content (AvgIpc) is 2.92. The van der Waals surface area contributed by atoms with Crippen LogP contribution in [0.1, 0.15) is 36.0 Å². The van der Waals surface area contributed by atoms with Crippen molar-refractivity contribution in [1.82, 2.24) is 9.80 Å². The standard InChI is InChI=1S/C19H25ClN2O4/c1-26-10-2-7-22-13-19(12-17(22)24)5-8-21(9-6-19)18(25)15-11-14(20)3-4-16(15)23/h3-4,11,23H,2,5-10,12-13H2,1H3. The SMILES string of the molecule is COCCCN1CC2(CCN(C(=O)c3cc(Cl)ccc3O)CC2)CC1=O. The van der Waals surface area contributed by atoms with Gasteiger partial charge in [0.05, 0.1) is 5.56 Å². The zero-order valence-electron chi connectivity index (χ0n) is 15.0. The zero-order valence-corrected chi connectivity index (χ0v) is 15.8. The van der Waals surface area contributed by atoms with Crippen molar-refractivity contribution in [2.45, 2.75) is 25.7 Å². The van der Waals surface area contributed by atoms with Crippen LogP contribution in [0.3, 0.4) is 0 Å². The van der Waals surface area contributed by atoms with Gasteiger partial charge >= 0.3 is 0 Å². The van der Waals surface area contributed by atoms with Crippen molar-refractivity contribution < 1.29 is 19.4 Å². The van der Waals surface area contributed by atoms with Gasteiger partial charge in [0.2, 0.25) is 5.91 Å². The van der Waals surface area contributed by atoms with E-state index in [9.17, 15) is 14.7 Å². The number of nitrogens with zero attached hydrogens (tertiary/aromatic N) is 2. The second-order valence-electron chi connectivity index (χ2n) is 7.29. The van der Waals surface area contributed by atoms with E-state index in [0.29, 0.717) is 31.1 Å². The Morgan fingerprint density at radius 3 is 2.77 bits per heavy atom. The first-order valence-electron chi connectivity index (χ1n) is 8.99. The molecule has 0 unspecified atom stereocenters. The molecule has 26 heavy (non-hydrogen) atoms. The van der Waals surface area contributed by atoms with Crippen molar-refractivity contribution in [3.05, 3.63) is 28.8 Å². The van der Waals surface area contributed by atoms with Gasteiger partial charge in [0.1, 0.15) is 5.75 Å². The molecule has 1 spiro atoms. The van der Waals surface area contributed by atoms with E-state index in [0.717, 1.165) is 32.4 Å². The van der Waals surface area contributed by atoms with Crippen LogP contribution in [0.5, 0.6) is 5.75 Å². The maximum Gasteiger partial charge on any atom is 0.257 e. The molecule has 2 aliphatic rings. The Morgan fingerprint density at radius 2 is 2.08 bits per heavy atom. The third-order valence-corrected chi connectivity index (χ3v) is 5.72. The maximum atomic E-state index is 12.7. The summed E-state index contributed by atoms with van der Waals surface area (Å²) in [6.07, 6.45) is 3.00. The van der Waals surface area contributed by atoms with E-state index in [1.807, 2.05) is 4.90 Å². The fourth-order valence-corrected chi connectivity index (χ4v) is 4.13. The van der Waals surface area contributed by atoms with Crippen LogP contribution in [0, 0.1) is 5.41 Å². The summed E-state index contributed by atoms with van der Waals surface area (Å²) in [4.78, 5) is 28.7. The highest BCUT2D eigenvalue weighted by Gasteiger charge is 2.45. The molecule has 1 N–H and O–H groups in total. The van der Waals surface area contributed by atoms with Crippen LogP contribution in [0.2, 0.25) is 5.02 Å². The van der Waals surface area contributed by atoms with E-state index < -0.39 is 0 Å². The molecule has 0 radical (unpaired) electrons. The van der Waals surface area contributed by atoms with Gasteiger partial charge in [0.25, 0.3) is 5.91 Å². The molecular weight excluding hydrogens is 356 g/mol. The highest BCUT2D eigenvalue weighted by atomic mass is 35.5. The largest absolute Gasteiger partial charge is 0.507 e. The molecular formula is C19H25ClN2O4. The van der Waals surface area contributed by atoms with Gasteiger partial charge in [-0.25, -0.2) is 0 Å². The lowest BCUT2D eigenvalue weighted by molar-refractivity contribution is -0.128. The summed E-state index contributed by atoms with van der Waals surface area (Å²) in [5.74, 6) is -0.0606. The third kappa shape index (κ3) is 3.96. The average molecular weight is 381 g/mol. The quantitative estimate of drug-likeness (QED) is 0.797. The highest BCUT2D eigenvalue weighted by Crippen LogP contribution is 2.41. The first-order valence-corrected chi connectivity index (χ1v) is 9.36. The molecule has 0 bridgehead atoms. The van der Waals surface area contributed by atoms with E-state index in [4.69, 9.17) is 16.3 Å². The second-order valence-corrected chi connectivity index (χ2v) is 7.73. The fraction of sp³-hybridized carbons (Fsp3) is 0.579. The topological polar surface area (TPSA) is 70.1 Å². The lowest BCUT2D eigenvalue weighted by Crippen LogP contribution is -2.44. The molecule has 0 atom stereocenters. The molecule has 2 amide bonds. The van der Waals surface area contributed by atoms with Crippen molar-refractivity contribution in [2.75, 3.05) is 39.9 Å². The summed E-state index contributed by atoms with van der Waals surface area (Å²) in [6, 6.07) is 4.50. The fourth-order valence-electron chi connectivity index (χ4n) is 3.95. The lowest BCUT2D eigenvalue weighted by Gasteiger charge is -2.39. The van der Waals surface area contributed by atoms with Gasteiger partial charge in [0, 0.05) is 56.8 Å². The number of ether oxygens (including phenoxy) is 1. The van der Waals surface area contributed by atoms with Gasteiger partial charge in [-0.15, -0.1) is 0 Å². The first-order chi connectivity index (χ1) is 12.4. The Kier molecular flexibility index (Phi) is 5.73. The van der Waals surface area contributed by atoms with Crippen LogP contribution in [0.15, 0.2) is 18.2 Å². The van der Waals surface area contributed by atoms with Crippen molar-refractivity contribution in [3.63, 3.8) is 0 Å². The van der Waals surface area contributed by atoms with Crippen molar-refractivity contribution >= 4 is 23.4 Å². The van der Waals surface area contributed by atoms with Gasteiger partial charge < -0.3 is 19.6 Å². The molecule has 1 aromatic carbocycles. The van der Waals surface area contributed by atoms with Crippen LogP contribution in [0.25, 0.3) is 0 Å². The zero-order chi connectivity index (χ0) is 18.7. The first kappa shape index (κ1) is 19.0.